The number of H-pyrrole nitrogens is 1. The van der Waals surface area contributed by atoms with Crippen LogP contribution in [0, 0.1) is 0 Å². The second-order valence-electron chi connectivity index (χ2n) is 9.50. The molecule has 0 unspecified atom stereocenters. The number of ether oxygens (including phenoxy) is 1. The molecule has 0 spiro atoms. The Morgan fingerprint density at radius 1 is 0.897 bits per heavy atom. The quantitative estimate of drug-likeness (QED) is 0.149. The van der Waals surface area contributed by atoms with Gasteiger partial charge in [0.2, 0.25) is 0 Å². The summed E-state index contributed by atoms with van der Waals surface area (Å²) in [6.07, 6.45) is 9.44. The topological polar surface area (TPSA) is 86.5 Å². The van der Waals surface area contributed by atoms with E-state index in [1.165, 1.54) is 0 Å². The number of nitrogens with one attached hydrogen (secondary N) is 1. The Bertz CT molecular complexity index is 1850. The molecule has 0 aliphatic carbocycles. The molecule has 39 heavy (non-hydrogen) atoms. The summed E-state index contributed by atoms with van der Waals surface area (Å²) in [7, 11) is -3.46. The van der Waals surface area contributed by atoms with Crippen LogP contribution in [0.2, 0.25) is 0 Å². The second kappa shape index (κ2) is 10.5. The van der Waals surface area contributed by atoms with E-state index in [9.17, 15) is 8.42 Å². The van der Waals surface area contributed by atoms with Gasteiger partial charge in [-0.15, -0.1) is 0 Å². The number of aromatic nitrogens is 2. The number of furan rings is 1. The van der Waals surface area contributed by atoms with Crippen LogP contribution in [0.25, 0.3) is 44.1 Å². The molecule has 8 heteroatoms. The number of rotatable bonds is 10. The molecule has 0 radical (unpaired) electrons. The lowest BCUT2D eigenvalue weighted by Gasteiger charge is -2.10. The lowest BCUT2D eigenvalue weighted by Crippen LogP contribution is -2.06. The number of para-hydroxylation sites is 1. The molecule has 0 bridgehead atoms. The van der Waals surface area contributed by atoms with Crippen molar-refractivity contribution in [2.75, 3.05) is 12.9 Å². The molecule has 3 aromatic heterocycles. The molecule has 3 aromatic carbocycles. The third kappa shape index (κ3) is 5.34. The minimum absolute atomic E-state index is 0.141. The van der Waals surface area contributed by atoms with Crippen LogP contribution in [0.1, 0.15) is 12.0 Å². The molecule has 0 aliphatic heterocycles. The highest BCUT2D eigenvalue weighted by Gasteiger charge is 2.19. The number of aromatic amines is 1. The predicted molar refractivity (Wildman–Crippen MR) is 153 cm³/mol. The van der Waals surface area contributed by atoms with Crippen molar-refractivity contribution in [1.29, 1.82) is 0 Å². The van der Waals surface area contributed by atoms with E-state index in [2.05, 4.69) is 27.9 Å². The Hall–Kier alpha value is -4.27. The molecule has 6 rings (SSSR count). The zero-order valence-electron chi connectivity index (χ0n) is 21.5. The minimum Gasteiger partial charge on any atom is -0.489 e. The van der Waals surface area contributed by atoms with Gasteiger partial charge in [-0.1, -0.05) is 48.5 Å². The van der Waals surface area contributed by atoms with Crippen molar-refractivity contribution in [3.05, 3.63) is 103 Å². The van der Waals surface area contributed by atoms with Crippen LogP contribution in [-0.2, 0) is 27.5 Å². The summed E-state index contributed by atoms with van der Waals surface area (Å²) in [4.78, 5) is 3.29. The van der Waals surface area contributed by atoms with Gasteiger partial charge in [0.1, 0.15) is 17.9 Å². The van der Waals surface area contributed by atoms with Crippen LogP contribution in [0.4, 0.5) is 0 Å². The molecule has 3 heterocycles. The smallest absolute Gasteiger partial charge is 0.264 e. The van der Waals surface area contributed by atoms with Gasteiger partial charge in [0.05, 0.1) is 19.1 Å². The van der Waals surface area contributed by atoms with Gasteiger partial charge >= 0.3 is 0 Å². The van der Waals surface area contributed by atoms with Gasteiger partial charge in [-0.3, -0.25) is 4.18 Å². The highest BCUT2D eigenvalue weighted by atomic mass is 32.2. The normalized spacial score (nSPS) is 11.9. The molecule has 0 saturated heterocycles. The summed E-state index contributed by atoms with van der Waals surface area (Å²) >= 11 is 0. The van der Waals surface area contributed by atoms with Crippen LogP contribution in [0.3, 0.4) is 0 Å². The van der Waals surface area contributed by atoms with Crippen molar-refractivity contribution >= 4 is 32.0 Å². The first-order valence-corrected chi connectivity index (χ1v) is 14.6. The summed E-state index contributed by atoms with van der Waals surface area (Å²) in [5.74, 6) is 0.767. The second-order valence-corrected chi connectivity index (χ2v) is 11.1. The lowest BCUT2D eigenvalue weighted by molar-refractivity contribution is 0.306. The highest BCUT2D eigenvalue weighted by molar-refractivity contribution is 7.85. The predicted octanol–water partition coefficient (Wildman–Crippen LogP) is 6.99. The molecular weight excluding hydrogens is 512 g/mol. The first-order chi connectivity index (χ1) is 19.0. The number of fused-ring (bicyclic) bond motifs is 2. The van der Waals surface area contributed by atoms with Gasteiger partial charge in [-0.05, 0) is 36.2 Å². The zero-order valence-corrected chi connectivity index (χ0v) is 22.3. The summed E-state index contributed by atoms with van der Waals surface area (Å²) in [5, 5.41) is 2.07. The van der Waals surface area contributed by atoms with E-state index in [4.69, 9.17) is 13.3 Å². The van der Waals surface area contributed by atoms with E-state index in [-0.39, 0.29) is 6.61 Å². The maximum absolute atomic E-state index is 11.3. The van der Waals surface area contributed by atoms with E-state index in [1.54, 1.807) is 6.26 Å². The van der Waals surface area contributed by atoms with Crippen molar-refractivity contribution < 1.29 is 21.8 Å². The van der Waals surface area contributed by atoms with Crippen molar-refractivity contribution in [2.24, 2.45) is 0 Å². The Kier molecular flexibility index (Phi) is 6.72. The average Bonchev–Trinajstić information content (AvgIpc) is 3.68. The maximum atomic E-state index is 11.3. The summed E-state index contributed by atoms with van der Waals surface area (Å²) in [6.45, 7) is 1.24. The molecule has 1 N–H and O–H groups in total. The SMILES string of the molecule is CS(=O)(=O)OCCCn1cc(-c2c[nH]cc2-c2cc(OCc3ccccc3)cc3ccoc23)c2ccccc21. The number of benzene rings is 3. The molecule has 0 saturated carbocycles. The van der Waals surface area contributed by atoms with Gasteiger partial charge in [-0.2, -0.15) is 8.42 Å². The van der Waals surface area contributed by atoms with Crippen LogP contribution < -0.4 is 4.74 Å². The van der Waals surface area contributed by atoms with E-state index >= 15 is 0 Å². The average molecular weight is 541 g/mol. The minimum atomic E-state index is -3.46. The molecule has 0 fully saturated rings. The first kappa shape index (κ1) is 25.0. The molecule has 0 aliphatic rings. The van der Waals surface area contributed by atoms with Crippen LogP contribution in [0.15, 0.2) is 102 Å². The number of aryl methyl sites for hydroxylation is 1. The molecule has 198 valence electrons. The number of hydrogen-bond acceptors (Lipinski definition) is 5. The maximum Gasteiger partial charge on any atom is 0.264 e. The highest BCUT2D eigenvalue weighted by Crippen LogP contribution is 2.41. The zero-order chi connectivity index (χ0) is 26.8. The monoisotopic (exact) mass is 540 g/mol. The van der Waals surface area contributed by atoms with E-state index in [1.807, 2.05) is 73.1 Å². The summed E-state index contributed by atoms with van der Waals surface area (Å²) in [6, 6.07) is 24.3. The van der Waals surface area contributed by atoms with Gasteiger partial charge in [-0.25, -0.2) is 0 Å². The fourth-order valence-corrected chi connectivity index (χ4v) is 5.40. The summed E-state index contributed by atoms with van der Waals surface area (Å²) < 4.78 is 41.9. The third-order valence-corrected chi connectivity index (χ3v) is 7.32. The Balaban J connectivity index is 1.36. The third-order valence-electron chi connectivity index (χ3n) is 6.73. The fraction of sp³-hybridized carbons (Fsp3) is 0.161. The largest absolute Gasteiger partial charge is 0.489 e. The Morgan fingerprint density at radius 2 is 1.67 bits per heavy atom. The first-order valence-electron chi connectivity index (χ1n) is 12.7. The van der Waals surface area contributed by atoms with E-state index in [0.29, 0.717) is 19.6 Å². The van der Waals surface area contributed by atoms with Crippen molar-refractivity contribution in [3.63, 3.8) is 0 Å². The van der Waals surface area contributed by atoms with Gasteiger partial charge in [0.15, 0.2) is 0 Å². The van der Waals surface area contributed by atoms with Gasteiger partial charge in [0, 0.05) is 63.7 Å². The Morgan fingerprint density at radius 3 is 2.49 bits per heavy atom. The number of hydrogen-bond donors (Lipinski definition) is 1. The van der Waals surface area contributed by atoms with Crippen LogP contribution >= 0.6 is 0 Å². The van der Waals surface area contributed by atoms with Gasteiger partial charge < -0.3 is 18.7 Å². The fourth-order valence-electron chi connectivity index (χ4n) is 4.98. The van der Waals surface area contributed by atoms with E-state index in [0.717, 1.165) is 61.7 Å². The van der Waals surface area contributed by atoms with E-state index < -0.39 is 10.1 Å². The molecule has 0 atom stereocenters. The lowest BCUT2D eigenvalue weighted by atomic mass is 9.97. The Labute approximate surface area is 226 Å². The standard InChI is InChI=1S/C31H28N2O5S/c1-39(34,35)38-14-7-13-33-20-29(25-10-5-6-11-30(25)33)28-19-32-18-27(28)26-17-24(16-23-12-15-36-31(23)26)37-21-22-8-3-2-4-9-22/h2-6,8-12,15-20,32H,7,13-14,21H2,1H3. The summed E-state index contributed by atoms with van der Waals surface area (Å²) in [5.41, 5.74) is 7.02. The van der Waals surface area contributed by atoms with Crippen molar-refractivity contribution in [3.8, 4) is 28.0 Å². The van der Waals surface area contributed by atoms with Crippen LogP contribution in [-0.4, -0.2) is 30.8 Å². The van der Waals surface area contributed by atoms with Crippen molar-refractivity contribution in [2.45, 2.75) is 19.6 Å². The number of nitrogens with zero attached hydrogens (tertiary/aromatic N) is 1. The van der Waals surface area contributed by atoms with Gasteiger partial charge in [0.25, 0.3) is 10.1 Å². The van der Waals surface area contributed by atoms with Crippen molar-refractivity contribution in [1.82, 2.24) is 9.55 Å². The van der Waals surface area contributed by atoms with Crippen LogP contribution in [0.5, 0.6) is 5.75 Å². The molecule has 0 amide bonds. The molecule has 6 aromatic rings. The molecule has 7 nitrogen and oxygen atoms in total. The molecular formula is C31H28N2O5S.